The van der Waals surface area contributed by atoms with E-state index in [2.05, 4.69) is 24.4 Å². The lowest BCUT2D eigenvalue weighted by Gasteiger charge is -2.15. The molecule has 0 bridgehead atoms. The van der Waals surface area contributed by atoms with Crippen LogP contribution in [0.3, 0.4) is 0 Å². The van der Waals surface area contributed by atoms with E-state index >= 15 is 0 Å². The van der Waals surface area contributed by atoms with Gasteiger partial charge in [-0.05, 0) is 43.4 Å². The fourth-order valence-electron chi connectivity index (χ4n) is 3.37. The summed E-state index contributed by atoms with van der Waals surface area (Å²) >= 11 is 0. The van der Waals surface area contributed by atoms with Crippen molar-refractivity contribution in [1.29, 1.82) is 0 Å². The zero-order chi connectivity index (χ0) is 19.6. The molecule has 27 heavy (non-hydrogen) atoms. The van der Waals surface area contributed by atoms with Crippen molar-refractivity contribution in [3.63, 3.8) is 0 Å². The predicted molar refractivity (Wildman–Crippen MR) is 105 cm³/mol. The number of nitrogens with one attached hydrogen (secondary N) is 1. The van der Waals surface area contributed by atoms with Gasteiger partial charge < -0.3 is 9.88 Å². The molecular weight excluding hydrogens is 362 g/mol. The fraction of sp³-hybridized carbons (Fsp3) is 0.450. The van der Waals surface area contributed by atoms with Crippen LogP contribution >= 0.6 is 0 Å². The van der Waals surface area contributed by atoms with E-state index < -0.39 is 10.0 Å². The summed E-state index contributed by atoms with van der Waals surface area (Å²) in [6.45, 7) is 5.11. The van der Waals surface area contributed by atoms with Gasteiger partial charge in [0, 0.05) is 26.3 Å². The highest BCUT2D eigenvalue weighted by atomic mass is 32.2. The summed E-state index contributed by atoms with van der Waals surface area (Å²) < 4.78 is 28.5. The molecule has 0 radical (unpaired) electrons. The Bertz CT molecular complexity index is 910. The lowest BCUT2D eigenvalue weighted by atomic mass is 10.0. The van der Waals surface area contributed by atoms with Gasteiger partial charge in [0.25, 0.3) is 5.91 Å². The smallest absolute Gasteiger partial charge is 0.268 e. The van der Waals surface area contributed by atoms with E-state index in [1.165, 1.54) is 22.1 Å². The highest BCUT2D eigenvalue weighted by molar-refractivity contribution is 7.89. The summed E-state index contributed by atoms with van der Waals surface area (Å²) in [5.41, 5.74) is 2.60. The Morgan fingerprint density at radius 2 is 1.81 bits per heavy atom. The van der Waals surface area contributed by atoms with E-state index in [4.69, 9.17) is 0 Å². The molecule has 0 aliphatic carbocycles. The highest BCUT2D eigenvalue weighted by Gasteiger charge is 2.29. The van der Waals surface area contributed by atoms with E-state index in [0.29, 0.717) is 18.8 Å². The van der Waals surface area contributed by atoms with E-state index in [-0.39, 0.29) is 16.8 Å². The molecule has 146 valence electrons. The normalized spacial score (nSPS) is 16.4. The predicted octanol–water partition coefficient (Wildman–Crippen LogP) is 2.86. The van der Waals surface area contributed by atoms with Crippen LogP contribution in [0.1, 0.15) is 54.3 Å². The minimum absolute atomic E-state index is 0.169. The van der Waals surface area contributed by atoms with E-state index in [1.54, 1.807) is 11.6 Å². The first-order chi connectivity index (χ1) is 12.8. The summed E-state index contributed by atoms with van der Waals surface area (Å²) in [6.07, 6.45) is 4.25. The van der Waals surface area contributed by atoms with Crippen LogP contribution in [0, 0.1) is 0 Å². The van der Waals surface area contributed by atoms with Gasteiger partial charge in [0.15, 0.2) is 0 Å². The maximum atomic E-state index is 12.7. The van der Waals surface area contributed by atoms with Gasteiger partial charge in [0.1, 0.15) is 10.6 Å². The molecular formula is C20H27N3O3S. The van der Waals surface area contributed by atoms with Gasteiger partial charge in [-0.15, -0.1) is 0 Å². The molecule has 2 heterocycles. The number of amides is 1. The third-order valence-corrected chi connectivity index (χ3v) is 7.01. The van der Waals surface area contributed by atoms with E-state index in [9.17, 15) is 13.2 Å². The Labute approximate surface area is 161 Å². The van der Waals surface area contributed by atoms with Gasteiger partial charge in [-0.2, -0.15) is 4.31 Å². The number of benzene rings is 1. The molecule has 1 aliphatic heterocycles. The maximum absolute atomic E-state index is 12.7. The summed E-state index contributed by atoms with van der Waals surface area (Å²) in [6, 6.07) is 9.44. The molecule has 6 nitrogen and oxygen atoms in total. The quantitative estimate of drug-likeness (QED) is 0.826. The molecule has 1 atom stereocenters. The van der Waals surface area contributed by atoms with Gasteiger partial charge in [-0.25, -0.2) is 8.42 Å². The van der Waals surface area contributed by atoms with Crippen LogP contribution in [0.4, 0.5) is 0 Å². The Hall–Kier alpha value is -2.12. The number of nitrogens with zero attached hydrogens (tertiary/aromatic N) is 2. The highest BCUT2D eigenvalue weighted by Crippen LogP contribution is 2.23. The molecule has 0 saturated carbocycles. The number of aromatic nitrogens is 1. The first kappa shape index (κ1) is 19.6. The third kappa shape index (κ3) is 4.09. The monoisotopic (exact) mass is 389 g/mol. The van der Waals surface area contributed by atoms with Crippen molar-refractivity contribution in [3.05, 3.63) is 53.3 Å². The largest absolute Gasteiger partial charge is 0.345 e. The molecule has 0 spiro atoms. The zero-order valence-corrected chi connectivity index (χ0v) is 16.9. The van der Waals surface area contributed by atoms with Crippen LogP contribution in [-0.2, 0) is 23.5 Å². The minimum atomic E-state index is -3.53. The number of hydrogen-bond donors (Lipinski definition) is 1. The molecule has 1 aromatic heterocycles. The number of rotatable bonds is 6. The average molecular weight is 390 g/mol. The van der Waals surface area contributed by atoms with Crippen molar-refractivity contribution < 1.29 is 13.2 Å². The van der Waals surface area contributed by atoms with Crippen LogP contribution < -0.4 is 5.32 Å². The van der Waals surface area contributed by atoms with E-state index in [0.717, 1.165) is 24.8 Å². The molecule has 1 fully saturated rings. The van der Waals surface area contributed by atoms with Crippen LogP contribution in [0.15, 0.2) is 41.4 Å². The topological polar surface area (TPSA) is 71.4 Å². The van der Waals surface area contributed by atoms with Crippen molar-refractivity contribution in [2.75, 3.05) is 13.1 Å². The van der Waals surface area contributed by atoms with Crippen molar-refractivity contribution in [2.45, 2.75) is 44.0 Å². The third-order valence-electron chi connectivity index (χ3n) is 5.15. The fourth-order valence-corrected chi connectivity index (χ4v) is 4.96. The Kier molecular flexibility index (Phi) is 5.72. The number of carbonyl (C=O) groups is 1. The van der Waals surface area contributed by atoms with Gasteiger partial charge >= 0.3 is 0 Å². The first-order valence-corrected chi connectivity index (χ1v) is 10.8. The Morgan fingerprint density at radius 3 is 2.41 bits per heavy atom. The Balaban J connectivity index is 1.75. The minimum Gasteiger partial charge on any atom is -0.345 e. The molecule has 1 aromatic carbocycles. The SMILES string of the molecule is CCc1ccc(C(C)NC(=O)c2cc(S(=O)(=O)N3CCCC3)cn2C)cc1. The maximum Gasteiger partial charge on any atom is 0.268 e. The van der Waals surface area contributed by atoms with Crippen molar-refractivity contribution >= 4 is 15.9 Å². The average Bonchev–Trinajstić information content (AvgIpc) is 3.32. The summed E-state index contributed by atoms with van der Waals surface area (Å²) in [5, 5.41) is 2.96. The van der Waals surface area contributed by atoms with Crippen LogP contribution in [0.5, 0.6) is 0 Å². The lowest BCUT2D eigenvalue weighted by Crippen LogP contribution is -2.28. The number of aryl methyl sites for hydroxylation is 2. The van der Waals surface area contributed by atoms with Gasteiger partial charge in [0.2, 0.25) is 10.0 Å². The van der Waals surface area contributed by atoms with E-state index in [1.807, 2.05) is 19.1 Å². The van der Waals surface area contributed by atoms with Crippen LogP contribution in [0.25, 0.3) is 0 Å². The standard InChI is InChI=1S/C20H27N3O3S/c1-4-16-7-9-17(10-8-16)15(2)21-20(24)19-13-18(14-22(19)3)27(25,26)23-11-5-6-12-23/h7-10,13-15H,4-6,11-12H2,1-3H3,(H,21,24). The molecule has 1 amide bonds. The Morgan fingerprint density at radius 1 is 1.19 bits per heavy atom. The van der Waals surface area contributed by atoms with Crippen molar-refractivity contribution in [2.24, 2.45) is 7.05 Å². The molecule has 1 N–H and O–H groups in total. The molecule has 7 heteroatoms. The second kappa shape index (κ2) is 7.86. The first-order valence-electron chi connectivity index (χ1n) is 9.39. The zero-order valence-electron chi connectivity index (χ0n) is 16.1. The number of sulfonamides is 1. The molecule has 2 aromatic rings. The lowest BCUT2D eigenvalue weighted by molar-refractivity contribution is 0.0931. The summed E-state index contributed by atoms with van der Waals surface area (Å²) in [7, 11) is -1.84. The number of hydrogen-bond acceptors (Lipinski definition) is 3. The molecule has 1 saturated heterocycles. The summed E-state index contributed by atoms with van der Waals surface area (Å²) in [5.74, 6) is -0.285. The second-order valence-electron chi connectivity index (χ2n) is 7.07. The second-order valence-corrected chi connectivity index (χ2v) is 9.01. The number of carbonyl (C=O) groups excluding carboxylic acids is 1. The van der Waals surface area contributed by atoms with Crippen molar-refractivity contribution in [1.82, 2.24) is 14.2 Å². The van der Waals surface area contributed by atoms with Crippen LogP contribution in [-0.4, -0.2) is 36.3 Å². The molecule has 1 aliphatic rings. The van der Waals surface area contributed by atoms with Gasteiger partial charge in [-0.3, -0.25) is 4.79 Å². The van der Waals surface area contributed by atoms with Crippen molar-refractivity contribution in [3.8, 4) is 0 Å². The summed E-state index contributed by atoms with van der Waals surface area (Å²) in [4.78, 5) is 12.9. The molecule has 1 unspecified atom stereocenters. The van der Waals surface area contributed by atoms with Gasteiger partial charge in [0.05, 0.1) is 6.04 Å². The van der Waals surface area contributed by atoms with Crippen LogP contribution in [0.2, 0.25) is 0 Å². The molecule has 3 rings (SSSR count). The van der Waals surface area contributed by atoms with Gasteiger partial charge in [-0.1, -0.05) is 31.2 Å².